The lowest BCUT2D eigenvalue weighted by Gasteiger charge is -2.08. The molecule has 0 unspecified atom stereocenters. The average molecular weight is 348 g/mol. The Kier molecular flexibility index (Phi) is 6.74. The Bertz CT molecular complexity index is 705. The van der Waals surface area contributed by atoms with E-state index in [1.165, 1.54) is 48.9 Å². The predicted molar refractivity (Wildman–Crippen MR) is 93.4 cm³/mol. The fraction of sp³-hybridized carbons (Fsp3) is 0.263. The van der Waals surface area contributed by atoms with Gasteiger partial charge in [0.25, 0.3) is 0 Å². The molecule has 0 aromatic heterocycles. The zero-order valence-electron chi connectivity index (χ0n) is 13.8. The van der Waals surface area contributed by atoms with E-state index < -0.39 is 6.36 Å². The van der Waals surface area contributed by atoms with Crippen LogP contribution in [0, 0.1) is 0 Å². The third-order valence-corrected chi connectivity index (χ3v) is 3.39. The molecule has 0 aliphatic carbocycles. The maximum absolute atomic E-state index is 12.1. The normalized spacial score (nSPS) is 12.2. The van der Waals surface area contributed by atoms with Gasteiger partial charge in [0, 0.05) is 0 Å². The van der Waals surface area contributed by atoms with Crippen LogP contribution in [0.15, 0.2) is 58.7 Å². The van der Waals surface area contributed by atoms with Crippen molar-refractivity contribution in [3.05, 3.63) is 65.2 Å². The highest BCUT2D eigenvalue weighted by Crippen LogP contribution is 2.22. The number of hydrogen-bond donors (Lipinski definition) is 0. The van der Waals surface area contributed by atoms with Gasteiger partial charge in [-0.15, -0.1) is 13.2 Å². The smallest absolute Gasteiger partial charge is 0.406 e. The van der Waals surface area contributed by atoms with Gasteiger partial charge in [0.15, 0.2) is 0 Å². The van der Waals surface area contributed by atoms with E-state index in [0.29, 0.717) is 5.56 Å². The van der Waals surface area contributed by atoms with Crippen molar-refractivity contribution in [2.45, 2.75) is 32.5 Å². The molecule has 0 saturated heterocycles. The zero-order valence-corrected chi connectivity index (χ0v) is 13.8. The topological polar surface area (TPSA) is 34.0 Å². The molecule has 3 nitrogen and oxygen atoms in total. The molecule has 0 bridgehead atoms. The van der Waals surface area contributed by atoms with Crippen molar-refractivity contribution in [2.75, 3.05) is 0 Å². The summed E-state index contributed by atoms with van der Waals surface area (Å²) in [6, 6.07) is 13.5. The van der Waals surface area contributed by atoms with Crippen LogP contribution in [0.5, 0.6) is 5.75 Å². The summed E-state index contributed by atoms with van der Waals surface area (Å²) in [6.45, 7) is 2.16. The molecule has 0 N–H and O–H groups in total. The maximum atomic E-state index is 12.1. The lowest BCUT2D eigenvalue weighted by atomic mass is 10.1. The molecule has 0 saturated carbocycles. The molecule has 0 aliphatic rings. The fourth-order valence-electron chi connectivity index (χ4n) is 2.11. The van der Waals surface area contributed by atoms with Crippen LogP contribution < -0.4 is 4.74 Å². The Balaban J connectivity index is 1.88. The molecule has 0 aliphatic heterocycles. The quantitative estimate of drug-likeness (QED) is 0.488. The minimum atomic E-state index is -4.69. The molecule has 2 aromatic carbocycles. The number of unbranched alkanes of at least 4 members (excludes halogenated alkanes) is 1. The summed E-state index contributed by atoms with van der Waals surface area (Å²) in [5.74, 6) is -0.267. The summed E-state index contributed by atoms with van der Waals surface area (Å²) in [6.07, 6.45) is 1.81. The van der Waals surface area contributed by atoms with Gasteiger partial charge in [-0.25, -0.2) is 0 Å². The number of halogens is 3. The monoisotopic (exact) mass is 348 g/mol. The largest absolute Gasteiger partial charge is 0.573 e. The van der Waals surface area contributed by atoms with Crippen molar-refractivity contribution < 1.29 is 17.9 Å². The van der Waals surface area contributed by atoms with E-state index in [1.54, 1.807) is 6.21 Å². The van der Waals surface area contributed by atoms with Crippen LogP contribution in [0.25, 0.3) is 0 Å². The molecule has 0 amide bonds. The molecular formula is C19H19F3N2O. The molecule has 6 heteroatoms. The van der Waals surface area contributed by atoms with E-state index in [-0.39, 0.29) is 5.75 Å². The van der Waals surface area contributed by atoms with Gasteiger partial charge >= 0.3 is 6.36 Å². The maximum Gasteiger partial charge on any atom is 0.573 e. The van der Waals surface area contributed by atoms with Crippen LogP contribution in [0.2, 0.25) is 0 Å². The molecule has 25 heavy (non-hydrogen) atoms. The summed E-state index contributed by atoms with van der Waals surface area (Å²) in [7, 11) is 0. The first kappa shape index (κ1) is 18.7. The Hall–Kier alpha value is -2.63. The van der Waals surface area contributed by atoms with Gasteiger partial charge < -0.3 is 4.74 Å². The first-order valence-electron chi connectivity index (χ1n) is 7.97. The summed E-state index contributed by atoms with van der Waals surface area (Å²) in [5, 5.41) is 7.84. The van der Waals surface area contributed by atoms with Crippen LogP contribution in [0.1, 0.15) is 36.5 Å². The highest BCUT2D eigenvalue weighted by Gasteiger charge is 2.30. The molecule has 2 rings (SSSR count). The highest BCUT2D eigenvalue weighted by molar-refractivity contribution is 5.82. The summed E-state index contributed by atoms with van der Waals surface area (Å²) in [4.78, 5) is 0. The van der Waals surface area contributed by atoms with Gasteiger partial charge in [0.1, 0.15) is 5.75 Å². The van der Waals surface area contributed by atoms with Crippen molar-refractivity contribution >= 4 is 12.4 Å². The summed E-state index contributed by atoms with van der Waals surface area (Å²) in [5.41, 5.74) is 2.86. The fourth-order valence-corrected chi connectivity index (χ4v) is 2.11. The number of rotatable bonds is 7. The van der Waals surface area contributed by atoms with Crippen LogP contribution in [-0.2, 0) is 6.42 Å². The van der Waals surface area contributed by atoms with Gasteiger partial charge in [0.05, 0.1) is 12.4 Å². The standard InChI is InChI=1S/C19H19F3N2O/c1-2-3-4-15-5-7-16(8-6-15)13-23-24-14-17-9-11-18(12-10-17)25-19(20,21)22/h5-14H,2-4H2,1H3/b23-13+,24-14+. The number of alkyl halides is 3. The zero-order chi connectivity index (χ0) is 18.1. The second kappa shape index (κ2) is 9.01. The average Bonchev–Trinajstić information content (AvgIpc) is 2.58. The third-order valence-electron chi connectivity index (χ3n) is 3.39. The van der Waals surface area contributed by atoms with Gasteiger partial charge in [0.2, 0.25) is 0 Å². The van der Waals surface area contributed by atoms with E-state index in [9.17, 15) is 13.2 Å². The van der Waals surface area contributed by atoms with E-state index in [0.717, 1.165) is 12.0 Å². The molecule has 132 valence electrons. The molecule has 0 spiro atoms. The second-order valence-electron chi connectivity index (χ2n) is 5.45. The minimum Gasteiger partial charge on any atom is -0.406 e. The van der Waals surface area contributed by atoms with Crippen molar-refractivity contribution in [1.29, 1.82) is 0 Å². The lowest BCUT2D eigenvalue weighted by molar-refractivity contribution is -0.274. The minimum absolute atomic E-state index is 0.267. The highest BCUT2D eigenvalue weighted by atomic mass is 19.4. The first-order valence-corrected chi connectivity index (χ1v) is 7.97. The number of nitrogens with zero attached hydrogens (tertiary/aromatic N) is 2. The van der Waals surface area contributed by atoms with Crippen molar-refractivity contribution in [3.63, 3.8) is 0 Å². The molecule has 2 aromatic rings. The van der Waals surface area contributed by atoms with Crippen molar-refractivity contribution in [2.24, 2.45) is 10.2 Å². The van der Waals surface area contributed by atoms with E-state index in [4.69, 9.17) is 0 Å². The third kappa shape index (κ3) is 7.20. The van der Waals surface area contributed by atoms with Gasteiger partial charge in [-0.2, -0.15) is 10.2 Å². The second-order valence-corrected chi connectivity index (χ2v) is 5.45. The van der Waals surface area contributed by atoms with Crippen molar-refractivity contribution in [3.8, 4) is 5.75 Å². The van der Waals surface area contributed by atoms with Crippen LogP contribution in [-0.4, -0.2) is 18.8 Å². The number of hydrogen-bond acceptors (Lipinski definition) is 3. The Morgan fingerprint density at radius 1 is 0.880 bits per heavy atom. The van der Waals surface area contributed by atoms with Crippen molar-refractivity contribution in [1.82, 2.24) is 0 Å². The molecule has 0 fully saturated rings. The summed E-state index contributed by atoms with van der Waals surface area (Å²) >= 11 is 0. The predicted octanol–water partition coefficient (Wildman–Crippen LogP) is 5.38. The van der Waals surface area contributed by atoms with Crippen LogP contribution in [0.4, 0.5) is 13.2 Å². The first-order chi connectivity index (χ1) is 12.0. The SMILES string of the molecule is CCCCc1ccc(/C=N/N=C/c2ccc(OC(F)(F)F)cc2)cc1. The Labute approximate surface area is 144 Å². The van der Waals surface area contributed by atoms with Gasteiger partial charge in [-0.3, -0.25) is 0 Å². The van der Waals surface area contributed by atoms with Crippen LogP contribution in [0.3, 0.4) is 0 Å². The van der Waals surface area contributed by atoms with E-state index in [1.807, 2.05) is 12.1 Å². The molecular weight excluding hydrogens is 329 g/mol. The van der Waals surface area contributed by atoms with Gasteiger partial charge in [-0.05, 0) is 53.8 Å². The number of ether oxygens (including phenoxy) is 1. The Morgan fingerprint density at radius 2 is 1.40 bits per heavy atom. The van der Waals surface area contributed by atoms with Crippen LogP contribution >= 0.6 is 0 Å². The number of aryl methyl sites for hydroxylation is 1. The van der Waals surface area contributed by atoms with E-state index in [2.05, 4.69) is 34.0 Å². The molecule has 0 radical (unpaired) electrons. The lowest BCUT2D eigenvalue weighted by Crippen LogP contribution is -2.16. The molecule has 0 atom stereocenters. The number of benzene rings is 2. The van der Waals surface area contributed by atoms with E-state index >= 15 is 0 Å². The summed E-state index contributed by atoms with van der Waals surface area (Å²) < 4.78 is 40.0. The molecule has 0 heterocycles. The van der Waals surface area contributed by atoms with Gasteiger partial charge in [-0.1, -0.05) is 37.6 Å². The Morgan fingerprint density at radius 3 is 1.88 bits per heavy atom.